The summed E-state index contributed by atoms with van der Waals surface area (Å²) in [5, 5.41) is 0. The summed E-state index contributed by atoms with van der Waals surface area (Å²) in [6, 6.07) is 0.134. The van der Waals surface area contributed by atoms with Crippen LogP contribution < -0.4 is 5.73 Å². The minimum Gasteiger partial charge on any atom is -0.324 e. The van der Waals surface area contributed by atoms with Gasteiger partial charge < -0.3 is 5.73 Å². The maximum Gasteiger partial charge on any atom is 0.0353 e. The Bertz CT molecular complexity index is 70.5. The van der Waals surface area contributed by atoms with E-state index in [0.29, 0.717) is 0 Å². The van der Waals surface area contributed by atoms with E-state index in [1.807, 2.05) is 13.8 Å². The average molecular weight is 117 g/mol. The van der Waals surface area contributed by atoms with Crippen LogP contribution in [-0.2, 0) is 0 Å². The molecule has 0 radical (unpaired) electrons. The minimum absolute atomic E-state index is 0.134. The van der Waals surface area contributed by atoms with Crippen LogP contribution in [0.25, 0.3) is 0 Å². The van der Waals surface area contributed by atoms with E-state index < -0.39 is 0 Å². The molecule has 0 aliphatic rings. The Balaban J connectivity index is 3.34. The third kappa shape index (κ3) is 2.71. The van der Waals surface area contributed by atoms with E-state index in [1.165, 1.54) is 0 Å². The van der Waals surface area contributed by atoms with Crippen LogP contribution in [0.15, 0.2) is 0 Å². The zero-order chi connectivity index (χ0) is 5.86. The second kappa shape index (κ2) is 3.10. The van der Waals surface area contributed by atoms with Gasteiger partial charge in [-0.25, -0.2) is 0 Å². The molecule has 42 valence electrons. The molecule has 0 rings (SSSR count). The fourth-order valence-electron chi connectivity index (χ4n) is 0.287. The first-order valence-corrected chi connectivity index (χ1v) is 2.85. The number of hydrogen-bond acceptors (Lipinski definition) is 2. The molecule has 2 N–H and O–H groups in total. The molecule has 0 aliphatic carbocycles. The van der Waals surface area contributed by atoms with Crippen molar-refractivity contribution in [2.45, 2.75) is 26.3 Å². The van der Waals surface area contributed by atoms with Crippen LogP contribution in [0.4, 0.5) is 0 Å². The molecule has 1 atom stereocenters. The summed E-state index contributed by atoms with van der Waals surface area (Å²) in [6.07, 6.45) is 0.954. The van der Waals surface area contributed by atoms with Crippen LogP contribution >= 0.6 is 12.2 Å². The Morgan fingerprint density at radius 2 is 2.29 bits per heavy atom. The zero-order valence-electron chi connectivity index (χ0n) is 4.77. The van der Waals surface area contributed by atoms with Crippen molar-refractivity contribution in [3.63, 3.8) is 0 Å². The van der Waals surface area contributed by atoms with Gasteiger partial charge in [0.1, 0.15) is 0 Å². The molecular weight excluding hydrogens is 106 g/mol. The standard InChI is InChI=1S/C5H11NS/c1-3-5(6)4(2)7/h5H,3,6H2,1-2H3. The highest BCUT2D eigenvalue weighted by Gasteiger charge is 1.97. The van der Waals surface area contributed by atoms with Crippen molar-refractivity contribution in [3.8, 4) is 0 Å². The molecule has 0 saturated carbocycles. The summed E-state index contributed by atoms with van der Waals surface area (Å²) in [4.78, 5) is 0.905. The second-order valence-electron chi connectivity index (χ2n) is 1.63. The first-order valence-electron chi connectivity index (χ1n) is 2.44. The summed E-state index contributed by atoms with van der Waals surface area (Å²) in [5.74, 6) is 0. The molecule has 1 unspecified atom stereocenters. The van der Waals surface area contributed by atoms with Crippen LogP contribution in [0.2, 0.25) is 0 Å². The van der Waals surface area contributed by atoms with Gasteiger partial charge in [0.25, 0.3) is 0 Å². The lowest BCUT2D eigenvalue weighted by Crippen LogP contribution is -2.25. The highest BCUT2D eigenvalue weighted by Crippen LogP contribution is 1.87. The summed E-state index contributed by atoms with van der Waals surface area (Å²) in [5.41, 5.74) is 5.47. The van der Waals surface area contributed by atoms with Gasteiger partial charge in [-0.1, -0.05) is 19.1 Å². The number of hydrogen-bond donors (Lipinski definition) is 1. The van der Waals surface area contributed by atoms with Crippen molar-refractivity contribution in [2.24, 2.45) is 5.73 Å². The maximum absolute atomic E-state index is 5.47. The van der Waals surface area contributed by atoms with Gasteiger partial charge in [0.15, 0.2) is 0 Å². The van der Waals surface area contributed by atoms with Gasteiger partial charge in [-0.05, 0) is 13.3 Å². The maximum atomic E-state index is 5.47. The molecule has 0 aromatic rings. The third-order valence-corrected chi connectivity index (χ3v) is 1.26. The summed E-state index contributed by atoms with van der Waals surface area (Å²) >= 11 is 4.79. The first kappa shape index (κ1) is 7.05. The summed E-state index contributed by atoms with van der Waals surface area (Å²) < 4.78 is 0. The predicted molar refractivity (Wildman–Crippen MR) is 36.5 cm³/mol. The third-order valence-electron chi connectivity index (χ3n) is 0.962. The molecule has 0 bridgehead atoms. The topological polar surface area (TPSA) is 26.0 Å². The van der Waals surface area contributed by atoms with Crippen LogP contribution in [0.3, 0.4) is 0 Å². The molecule has 0 spiro atoms. The molecule has 0 aliphatic heterocycles. The summed E-state index contributed by atoms with van der Waals surface area (Å²) in [7, 11) is 0. The van der Waals surface area contributed by atoms with E-state index in [4.69, 9.17) is 18.0 Å². The summed E-state index contributed by atoms with van der Waals surface area (Å²) in [6.45, 7) is 3.91. The lowest BCUT2D eigenvalue weighted by molar-refractivity contribution is 0.826. The Hall–Kier alpha value is 0.0500. The highest BCUT2D eigenvalue weighted by atomic mass is 32.1. The average Bonchev–Trinajstić information content (AvgIpc) is 1.65. The smallest absolute Gasteiger partial charge is 0.0353 e. The van der Waals surface area contributed by atoms with Crippen molar-refractivity contribution < 1.29 is 0 Å². The minimum atomic E-state index is 0.134. The van der Waals surface area contributed by atoms with Crippen LogP contribution in [0, 0.1) is 0 Å². The molecule has 0 saturated heterocycles. The molecule has 0 fully saturated rings. The molecule has 1 nitrogen and oxygen atoms in total. The Kier molecular flexibility index (Phi) is 3.13. The fourth-order valence-corrected chi connectivity index (χ4v) is 0.454. The van der Waals surface area contributed by atoms with E-state index in [1.54, 1.807) is 0 Å². The lowest BCUT2D eigenvalue weighted by Gasteiger charge is -2.02. The van der Waals surface area contributed by atoms with Gasteiger partial charge in [0.2, 0.25) is 0 Å². The van der Waals surface area contributed by atoms with E-state index in [9.17, 15) is 0 Å². The highest BCUT2D eigenvalue weighted by molar-refractivity contribution is 7.80. The van der Waals surface area contributed by atoms with E-state index >= 15 is 0 Å². The number of nitrogens with two attached hydrogens (primary N) is 1. The molecule has 7 heavy (non-hydrogen) atoms. The van der Waals surface area contributed by atoms with Crippen molar-refractivity contribution >= 4 is 17.1 Å². The van der Waals surface area contributed by atoms with Crippen molar-refractivity contribution in [3.05, 3.63) is 0 Å². The Morgan fingerprint density at radius 3 is 2.29 bits per heavy atom. The van der Waals surface area contributed by atoms with Gasteiger partial charge in [-0.15, -0.1) is 0 Å². The van der Waals surface area contributed by atoms with Crippen molar-refractivity contribution in [2.75, 3.05) is 0 Å². The van der Waals surface area contributed by atoms with Gasteiger partial charge in [0, 0.05) is 10.9 Å². The second-order valence-corrected chi connectivity index (χ2v) is 2.27. The van der Waals surface area contributed by atoms with Gasteiger partial charge >= 0.3 is 0 Å². The normalized spacial score (nSPS) is 13.6. The van der Waals surface area contributed by atoms with E-state index in [0.717, 1.165) is 11.3 Å². The van der Waals surface area contributed by atoms with Crippen LogP contribution in [0.5, 0.6) is 0 Å². The monoisotopic (exact) mass is 117 g/mol. The molecule has 0 aromatic heterocycles. The van der Waals surface area contributed by atoms with Crippen LogP contribution in [0.1, 0.15) is 20.3 Å². The van der Waals surface area contributed by atoms with E-state index in [2.05, 4.69) is 0 Å². The van der Waals surface area contributed by atoms with E-state index in [-0.39, 0.29) is 6.04 Å². The zero-order valence-corrected chi connectivity index (χ0v) is 5.59. The SMILES string of the molecule is CCC(N)C(C)=S. The first-order chi connectivity index (χ1) is 3.18. The van der Waals surface area contributed by atoms with Crippen molar-refractivity contribution in [1.82, 2.24) is 0 Å². The Labute approximate surface area is 49.9 Å². The fraction of sp³-hybridized carbons (Fsp3) is 0.800. The quantitative estimate of drug-likeness (QED) is 0.548. The van der Waals surface area contributed by atoms with Crippen molar-refractivity contribution in [1.29, 1.82) is 0 Å². The van der Waals surface area contributed by atoms with Gasteiger partial charge in [0.05, 0.1) is 0 Å². The molecule has 0 aromatic carbocycles. The predicted octanol–water partition coefficient (Wildman–Crippen LogP) is 1.11. The molecule has 0 amide bonds. The number of thiocarbonyl (C=S) groups is 1. The molecule has 2 heteroatoms. The largest absolute Gasteiger partial charge is 0.324 e. The number of rotatable bonds is 2. The van der Waals surface area contributed by atoms with Gasteiger partial charge in [-0.3, -0.25) is 0 Å². The van der Waals surface area contributed by atoms with Crippen LogP contribution in [-0.4, -0.2) is 10.9 Å². The Morgan fingerprint density at radius 1 is 1.86 bits per heavy atom. The van der Waals surface area contributed by atoms with Gasteiger partial charge in [-0.2, -0.15) is 0 Å². The lowest BCUT2D eigenvalue weighted by atomic mass is 10.2. The molecular formula is C5H11NS. The molecule has 0 heterocycles.